The number of anilines is 2. The third-order valence-electron chi connectivity index (χ3n) is 3.62. The summed E-state index contributed by atoms with van der Waals surface area (Å²) in [6.07, 6.45) is 1.73. The SMILES string of the molecule is C[C@H](CO)Nc1nc(NCc2ccccc2)cc(-c2ccccn2)n1. The molecule has 6 nitrogen and oxygen atoms in total. The normalized spacial score (nSPS) is 11.8. The number of pyridine rings is 1. The first-order valence-corrected chi connectivity index (χ1v) is 8.20. The van der Waals surface area contributed by atoms with E-state index in [-0.39, 0.29) is 12.6 Å². The molecule has 0 saturated heterocycles. The van der Waals surface area contributed by atoms with Crippen molar-refractivity contribution in [3.63, 3.8) is 0 Å². The molecule has 3 aromatic rings. The molecule has 0 bridgehead atoms. The van der Waals surface area contributed by atoms with E-state index in [0.717, 1.165) is 11.4 Å². The summed E-state index contributed by atoms with van der Waals surface area (Å²) in [5, 5.41) is 15.7. The number of benzene rings is 1. The van der Waals surface area contributed by atoms with Crippen LogP contribution in [0.3, 0.4) is 0 Å². The van der Waals surface area contributed by atoms with E-state index in [1.807, 2.05) is 49.4 Å². The quantitative estimate of drug-likeness (QED) is 0.616. The molecule has 0 radical (unpaired) electrons. The van der Waals surface area contributed by atoms with Gasteiger partial charge in [-0.25, -0.2) is 4.98 Å². The van der Waals surface area contributed by atoms with Crippen LogP contribution in [-0.2, 0) is 6.54 Å². The highest BCUT2D eigenvalue weighted by atomic mass is 16.3. The highest BCUT2D eigenvalue weighted by Crippen LogP contribution is 2.20. The van der Waals surface area contributed by atoms with Crippen molar-refractivity contribution in [1.29, 1.82) is 0 Å². The maximum Gasteiger partial charge on any atom is 0.225 e. The summed E-state index contributed by atoms with van der Waals surface area (Å²) >= 11 is 0. The Balaban J connectivity index is 1.86. The largest absolute Gasteiger partial charge is 0.394 e. The van der Waals surface area contributed by atoms with Crippen LogP contribution in [0.1, 0.15) is 12.5 Å². The van der Waals surface area contributed by atoms with Gasteiger partial charge in [-0.05, 0) is 24.6 Å². The fraction of sp³-hybridized carbons (Fsp3) is 0.211. The van der Waals surface area contributed by atoms with E-state index in [1.165, 1.54) is 5.56 Å². The van der Waals surface area contributed by atoms with E-state index in [2.05, 4.69) is 37.7 Å². The van der Waals surface area contributed by atoms with Crippen LogP contribution in [0.15, 0.2) is 60.8 Å². The summed E-state index contributed by atoms with van der Waals surface area (Å²) in [5.74, 6) is 1.16. The number of rotatable bonds is 7. The molecule has 2 heterocycles. The van der Waals surface area contributed by atoms with Crippen LogP contribution in [-0.4, -0.2) is 32.7 Å². The lowest BCUT2D eigenvalue weighted by atomic mass is 10.2. The molecular formula is C19H21N5O. The van der Waals surface area contributed by atoms with Crippen molar-refractivity contribution in [2.75, 3.05) is 17.2 Å². The van der Waals surface area contributed by atoms with Crippen LogP contribution in [0, 0.1) is 0 Å². The Morgan fingerprint density at radius 3 is 2.52 bits per heavy atom. The molecule has 0 aliphatic heterocycles. The molecule has 25 heavy (non-hydrogen) atoms. The summed E-state index contributed by atoms with van der Waals surface area (Å²) in [6.45, 7) is 2.53. The molecule has 0 aliphatic carbocycles. The zero-order chi connectivity index (χ0) is 17.5. The van der Waals surface area contributed by atoms with E-state index >= 15 is 0 Å². The number of hydrogen-bond acceptors (Lipinski definition) is 6. The molecule has 3 rings (SSSR count). The van der Waals surface area contributed by atoms with E-state index < -0.39 is 0 Å². The smallest absolute Gasteiger partial charge is 0.225 e. The summed E-state index contributed by atoms with van der Waals surface area (Å²) in [5.41, 5.74) is 2.66. The molecule has 1 atom stereocenters. The predicted octanol–water partition coefficient (Wildman–Crippen LogP) is 2.94. The standard InChI is InChI=1S/C19H21N5O/c1-14(13-25)22-19-23-17(16-9-5-6-10-20-16)11-18(24-19)21-12-15-7-3-2-4-8-15/h2-11,14,25H,12-13H2,1H3,(H2,21,22,23,24)/t14-/m1/s1. The fourth-order valence-corrected chi connectivity index (χ4v) is 2.30. The number of hydrogen-bond donors (Lipinski definition) is 3. The van der Waals surface area contributed by atoms with Gasteiger partial charge >= 0.3 is 0 Å². The molecule has 6 heteroatoms. The Bertz CT molecular complexity index is 795. The van der Waals surface area contributed by atoms with Crippen LogP contribution in [0.2, 0.25) is 0 Å². The fourth-order valence-electron chi connectivity index (χ4n) is 2.30. The zero-order valence-corrected chi connectivity index (χ0v) is 14.1. The third-order valence-corrected chi connectivity index (χ3v) is 3.62. The summed E-state index contributed by atoms with van der Waals surface area (Å²) in [7, 11) is 0. The Morgan fingerprint density at radius 1 is 1.00 bits per heavy atom. The molecule has 0 unspecified atom stereocenters. The molecule has 0 spiro atoms. The second-order valence-electron chi connectivity index (χ2n) is 5.74. The third kappa shape index (κ3) is 4.74. The van der Waals surface area contributed by atoms with Crippen LogP contribution >= 0.6 is 0 Å². The van der Waals surface area contributed by atoms with Crippen molar-refractivity contribution >= 4 is 11.8 Å². The van der Waals surface area contributed by atoms with Gasteiger partial charge < -0.3 is 15.7 Å². The van der Waals surface area contributed by atoms with Crippen molar-refractivity contribution < 1.29 is 5.11 Å². The van der Waals surface area contributed by atoms with Gasteiger partial charge in [0.05, 0.1) is 18.0 Å². The zero-order valence-electron chi connectivity index (χ0n) is 14.1. The molecule has 1 aromatic carbocycles. The first-order chi connectivity index (χ1) is 12.2. The molecule has 3 N–H and O–H groups in total. The van der Waals surface area contributed by atoms with E-state index in [9.17, 15) is 5.11 Å². The van der Waals surface area contributed by atoms with Crippen molar-refractivity contribution in [3.8, 4) is 11.4 Å². The minimum Gasteiger partial charge on any atom is -0.394 e. The monoisotopic (exact) mass is 335 g/mol. The Hall–Kier alpha value is -2.99. The van der Waals surface area contributed by atoms with Gasteiger partial charge in [0, 0.05) is 24.8 Å². The number of nitrogens with zero attached hydrogens (tertiary/aromatic N) is 3. The highest BCUT2D eigenvalue weighted by molar-refractivity contribution is 5.61. The van der Waals surface area contributed by atoms with Crippen molar-refractivity contribution in [3.05, 3.63) is 66.4 Å². The Labute approximate surface area is 147 Å². The topological polar surface area (TPSA) is 83.0 Å². The molecule has 0 fully saturated rings. The van der Waals surface area contributed by atoms with Gasteiger partial charge in [-0.2, -0.15) is 4.98 Å². The summed E-state index contributed by atoms with van der Waals surface area (Å²) < 4.78 is 0. The predicted molar refractivity (Wildman–Crippen MR) is 99.2 cm³/mol. The number of aromatic nitrogens is 3. The first kappa shape index (κ1) is 16.9. The maximum atomic E-state index is 9.26. The Kier molecular flexibility index (Phi) is 5.53. The molecule has 0 amide bonds. The Morgan fingerprint density at radius 2 is 1.80 bits per heavy atom. The van der Waals surface area contributed by atoms with Gasteiger partial charge in [-0.1, -0.05) is 36.4 Å². The number of aliphatic hydroxyl groups excluding tert-OH is 1. The van der Waals surface area contributed by atoms with Gasteiger partial charge in [-0.15, -0.1) is 0 Å². The second kappa shape index (κ2) is 8.21. The van der Waals surface area contributed by atoms with Crippen LogP contribution in [0.25, 0.3) is 11.4 Å². The maximum absolute atomic E-state index is 9.26. The highest BCUT2D eigenvalue weighted by Gasteiger charge is 2.09. The van der Waals surface area contributed by atoms with Gasteiger partial charge in [0.15, 0.2) is 0 Å². The van der Waals surface area contributed by atoms with Crippen LogP contribution in [0.4, 0.5) is 11.8 Å². The minimum absolute atomic E-state index is 0.00392. The van der Waals surface area contributed by atoms with Gasteiger partial charge in [0.1, 0.15) is 5.82 Å². The number of aliphatic hydroxyl groups is 1. The lowest BCUT2D eigenvalue weighted by Gasteiger charge is -2.14. The van der Waals surface area contributed by atoms with Crippen molar-refractivity contribution in [2.45, 2.75) is 19.5 Å². The van der Waals surface area contributed by atoms with Crippen molar-refractivity contribution in [1.82, 2.24) is 15.0 Å². The lowest BCUT2D eigenvalue weighted by Crippen LogP contribution is -2.21. The van der Waals surface area contributed by atoms with E-state index in [1.54, 1.807) is 6.20 Å². The minimum atomic E-state index is -0.138. The van der Waals surface area contributed by atoms with Gasteiger partial charge in [0.2, 0.25) is 5.95 Å². The average Bonchev–Trinajstić information content (AvgIpc) is 2.67. The molecule has 2 aromatic heterocycles. The van der Waals surface area contributed by atoms with Gasteiger partial charge in [0.25, 0.3) is 0 Å². The molecular weight excluding hydrogens is 314 g/mol. The first-order valence-electron chi connectivity index (χ1n) is 8.20. The van der Waals surface area contributed by atoms with E-state index in [4.69, 9.17) is 0 Å². The van der Waals surface area contributed by atoms with Crippen LogP contribution < -0.4 is 10.6 Å². The lowest BCUT2D eigenvalue weighted by molar-refractivity contribution is 0.281. The average molecular weight is 335 g/mol. The van der Waals surface area contributed by atoms with Gasteiger partial charge in [-0.3, -0.25) is 4.98 Å². The summed E-state index contributed by atoms with van der Waals surface area (Å²) in [4.78, 5) is 13.4. The van der Waals surface area contributed by atoms with E-state index in [0.29, 0.717) is 18.3 Å². The second-order valence-corrected chi connectivity index (χ2v) is 5.74. The molecule has 0 aliphatic rings. The molecule has 0 saturated carbocycles. The van der Waals surface area contributed by atoms with Crippen molar-refractivity contribution in [2.24, 2.45) is 0 Å². The molecule has 128 valence electrons. The van der Waals surface area contributed by atoms with Crippen LogP contribution in [0.5, 0.6) is 0 Å². The number of nitrogens with one attached hydrogen (secondary N) is 2. The summed E-state index contributed by atoms with van der Waals surface area (Å²) in [6, 6.07) is 17.5.